The number of urea groups is 1. The SMILES string of the molecule is CC(c1ccccc1)N1CC(NC(=O)NC2CCN(Cc3ccccc3)CC2)CC1=O. The maximum atomic E-state index is 12.5. The molecular formula is C25H32N4O2. The minimum absolute atomic E-state index is 0.0116. The summed E-state index contributed by atoms with van der Waals surface area (Å²) in [5, 5.41) is 6.13. The number of hydrogen-bond donors (Lipinski definition) is 2. The second-order valence-corrected chi connectivity index (χ2v) is 8.69. The van der Waals surface area contributed by atoms with Gasteiger partial charge in [-0.15, -0.1) is 0 Å². The lowest BCUT2D eigenvalue weighted by Gasteiger charge is -2.32. The van der Waals surface area contributed by atoms with Crippen LogP contribution in [0.25, 0.3) is 0 Å². The molecule has 164 valence electrons. The van der Waals surface area contributed by atoms with Crippen molar-refractivity contribution in [3.8, 4) is 0 Å². The van der Waals surface area contributed by atoms with E-state index in [9.17, 15) is 9.59 Å². The molecule has 0 saturated carbocycles. The van der Waals surface area contributed by atoms with Crippen molar-refractivity contribution in [2.24, 2.45) is 0 Å². The van der Waals surface area contributed by atoms with E-state index in [2.05, 4.69) is 39.8 Å². The number of nitrogens with one attached hydrogen (secondary N) is 2. The fourth-order valence-corrected chi connectivity index (χ4v) is 4.60. The van der Waals surface area contributed by atoms with Gasteiger partial charge in [0, 0.05) is 38.6 Å². The van der Waals surface area contributed by atoms with Gasteiger partial charge in [0.2, 0.25) is 5.91 Å². The zero-order valence-electron chi connectivity index (χ0n) is 18.2. The van der Waals surface area contributed by atoms with Crippen LogP contribution < -0.4 is 10.6 Å². The summed E-state index contributed by atoms with van der Waals surface area (Å²) >= 11 is 0. The number of carbonyl (C=O) groups is 2. The van der Waals surface area contributed by atoms with Crippen LogP contribution in [0, 0.1) is 0 Å². The average molecular weight is 421 g/mol. The zero-order valence-corrected chi connectivity index (χ0v) is 18.2. The van der Waals surface area contributed by atoms with E-state index in [1.807, 2.05) is 48.2 Å². The molecule has 0 bridgehead atoms. The van der Waals surface area contributed by atoms with Gasteiger partial charge in [0.25, 0.3) is 0 Å². The number of amides is 3. The van der Waals surface area contributed by atoms with Crippen LogP contribution >= 0.6 is 0 Å². The molecule has 6 nitrogen and oxygen atoms in total. The smallest absolute Gasteiger partial charge is 0.315 e. The van der Waals surface area contributed by atoms with E-state index in [0.29, 0.717) is 13.0 Å². The van der Waals surface area contributed by atoms with E-state index >= 15 is 0 Å². The third kappa shape index (κ3) is 5.64. The average Bonchev–Trinajstić information content (AvgIpc) is 3.15. The molecule has 2 unspecified atom stereocenters. The molecule has 6 heteroatoms. The van der Waals surface area contributed by atoms with E-state index in [0.717, 1.165) is 38.0 Å². The highest BCUT2D eigenvalue weighted by Crippen LogP contribution is 2.25. The van der Waals surface area contributed by atoms with Crippen LogP contribution in [0.4, 0.5) is 4.79 Å². The molecule has 2 N–H and O–H groups in total. The lowest BCUT2D eigenvalue weighted by molar-refractivity contribution is -0.129. The molecule has 0 radical (unpaired) electrons. The summed E-state index contributed by atoms with van der Waals surface area (Å²) in [4.78, 5) is 29.3. The van der Waals surface area contributed by atoms with Gasteiger partial charge in [-0.2, -0.15) is 0 Å². The largest absolute Gasteiger partial charge is 0.335 e. The van der Waals surface area contributed by atoms with E-state index in [-0.39, 0.29) is 30.1 Å². The van der Waals surface area contributed by atoms with E-state index in [4.69, 9.17) is 0 Å². The minimum atomic E-state index is -0.159. The summed E-state index contributed by atoms with van der Waals surface area (Å²) in [5.41, 5.74) is 2.44. The molecule has 2 saturated heterocycles. The fourth-order valence-electron chi connectivity index (χ4n) is 4.60. The maximum absolute atomic E-state index is 12.5. The summed E-state index contributed by atoms with van der Waals surface area (Å²) in [6, 6.07) is 20.4. The molecule has 3 amide bonds. The number of piperidine rings is 1. The van der Waals surface area contributed by atoms with Crippen molar-refractivity contribution >= 4 is 11.9 Å². The molecule has 2 atom stereocenters. The van der Waals surface area contributed by atoms with Gasteiger partial charge in [0.05, 0.1) is 12.1 Å². The minimum Gasteiger partial charge on any atom is -0.335 e. The summed E-state index contributed by atoms with van der Waals surface area (Å²) in [7, 11) is 0. The molecule has 2 aromatic rings. The summed E-state index contributed by atoms with van der Waals surface area (Å²) in [6.07, 6.45) is 2.25. The maximum Gasteiger partial charge on any atom is 0.315 e. The second kappa shape index (κ2) is 9.96. The van der Waals surface area contributed by atoms with Crippen molar-refractivity contribution in [1.82, 2.24) is 20.4 Å². The normalized spacial score (nSPS) is 21.1. The first kappa shape index (κ1) is 21.4. The second-order valence-electron chi connectivity index (χ2n) is 8.69. The van der Waals surface area contributed by atoms with Crippen molar-refractivity contribution < 1.29 is 9.59 Å². The van der Waals surface area contributed by atoms with Crippen molar-refractivity contribution in [3.05, 3.63) is 71.8 Å². The standard InChI is InChI=1S/C25H32N4O2/c1-19(21-10-6-3-7-11-21)29-18-23(16-24(29)30)27-25(31)26-22-12-14-28(15-13-22)17-20-8-4-2-5-9-20/h2-11,19,22-23H,12-18H2,1H3,(H2,26,27,31). The van der Waals surface area contributed by atoms with Crippen LogP contribution in [-0.2, 0) is 11.3 Å². The van der Waals surface area contributed by atoms with Crippen LogP contribution in [0.1, 0.15) is 43.4 Å². The highest BCUT2D eigenvalue weighted by molar-refractivity contribution is 5.82. The van der Waals surface area contributed by atoms with Gasteiger partial charge in [0.15, 0.2) is 0 Å². The number of hydrogen-bond acceptors (Lipinski definition) is 3. The number of nitrogens with zero attached hydrogens (tertiary/aromatic N) is 2. The highest BCUT2D eigenvalue weighted by atomic mass is 16.2. The predicted octanol–water partition coefficient (Wildman–Crippen LogP) is 3.31. The fraction of sp³-hybridized carbons (Fsp3) is 0.440. The Kier molecular flexibility index (Phi) is 6.87. The first-order valence-electron chi connectivity index (χ1n) is 11.3. The third-order valence-electron chi connectivity index (χ3n) is 6.41. The van der Waals surface area contributed by atoms with Gasteiger partial charge in [-0.25, -0.2) is 4.79 Å². The Hall–Kier alpha value is -2.86. The van der Waals surface area contributed by atoms with Gasteiger partial charge in [-0.1, -0.05) is 60.7 Å². The molecule has 0 aliphatic carbocycles. The number of benzene rings is 2. The monoisotopic (exact) mass is 420 g/mol. The number of likely N-dealkylation sites (tertiary alicyclic amines) is 2. The summed E-state index contributed by atoms with van der Waals surface area (Å²) in [6.45, 7) is 5.50. The highest BCUT2D eigenvalue weighted by Gasteiger charge is 2.34. The Morgan fingerprint density at radius 1 is 0.968 bits per heavy atom. The van der Waals surface area contributed by atoms with Crippen molar-refractivity contribution in [3.63, 3.8) is 0 Å². The predicted molar refractivity (Wildman–Crippen MR) is 121 cm³/mol. The molecule has 2 aliphatic rings. The van der Waals surface area contributed by atoms with E-state index in [1.165, 1.54) is 5.56 Å². The molecule has 4 rings (SSSR count). The zero-order chi connectivity index (χ0) is 21.6. The van der Waals surface area contributed by atoms with Gasteiger partial charge in [-0.05, 0) is 30.9 Å². The van der Waals surface area contributed by atoms with Gasteiger partial charge in [0.1, 0.15) is 0 Å². The van der Waals surface area contributed by atoms with Crippen LogP contribution in [0.15, 0.2) is 60.7 Å². The van der Waals surface area contributed by atoms with Gasteiger partial charge >= 0.3 is 6.03 Å². The third-order valence-corrected chi connectivity index (χ3v) is 6.41. The first-order valence-corrected chi connectivity index (χ1v) is 11.3. The van der Waals surface area contributed by atoms with Crippen molar-refractivity contribution in [2.45, 2.75) is 50.9 Å². The Labute approximate surface area is 184 Å². The molecule has 2 fully saturated rings. The Balaban J connectivity index is 1.20. The van der Waals surface area contributed by atoms with Gasteiger partial charge < -0.3 is 15.5 Å². The van der Waals surface area contributed by atoms with E-state index in [1.54, 1.807) is 0 Å². The molecule has 31 heavy (non-hydrogen) atoms. The Morgan fingerprint density at radius 2 is 1.58 bits per heavy atom. The molecule has 2 heterocycles. The van der Waals surface area contributed by atoms with Crippen LogP contribution in [0.3, 0.4) is 0 Å². The molecule has 0 aromatic heterocycles. The number of carbonyl (C=O) groups excluding carboxylic acids is 2. The molecular weight excluding hydrogens is 388 g/mol. The lowest BCUT2D eigenvalue weighted by Crippen LogP contribution is -2.50. The van der Waals surface area contributed by atoms with Crippen molar-refractivity contribution in [2.75, 3.05) is 19.6 Å². The first-order chi connectivity index (χ1) is 15.1. The van der Waals surface area contributed by atoms with Crippen LogP contribution in [0.5, 0.6) is 0 Å². The molecule has 2 aliphatic heterocycles. The Bertz CT molecular complexity index is 866. The molecule has 0 spiro atoms. The van der Waals surface area contributed by atoms with E-state index < -0.39 is 0 Å². The lowest BCUT2D eigenvalue weighted by atomic mass is 10.0. The summed E-state index contributed by atoms with van der Waals surface area (Å²) < 4.78 is 0. The molecule has 2 aromatic carbocycles. The topological polar surface area (TPSA) is 64.7 Å². The van der Waals surface area contributed by atoms with Crippen LogP contribution in [-0.4, -0.2) is 53.5 Å². The quantitative estimate of drug-likeness (QED) is 0.754. The van der Waals surface area contributed by atoms with Gasteiger partial charge in [-0.3, -0.25) is 9.69 Å². The van der Waals surface area contributed by atoms with Crippen molar-refractivity contribution in [1.29, 1.82) is 0 Å². The number of rotatable bonds is 6. The van der Waals surface area contributed by atoms with Crippen LogP contribution in [0.2, 0.25) is 0 Å². The Morgan fingerprint density at radius 3 is 2.26 bits per heavy atom. The summed E-state index contributed by atoms with van der Waals surface area (Å²) in [5.74, 6) is 0.0934.